The Labute approximate surface area is 125 Å². The second-order valence-electron chi connectivity index (χ2n) is 6.03. The van der Waals surface area contributed by atoms with Crippen molar-refractivity contribution in [2.45, 2.75) is 32.9 Å². The Hall–Kier alpha value is -2.23. The highest BCUT2D eigenvalue weighted by molar-refractivity contribution is 5.80. The third kappa shape index (κ3) is 4.12. The van der Waals surface area contributed by atoms with Crippen molar-refractivity contribution in [2.75, 3.05) is 6.54 Å². The summed E-state index contributed by atoms with van der Waals surface area (Å²) in [4.78, 5) is 17.2. The zero-order valence-corrected chi connectivity index (χ0v) is 12.8. The summed E-state index contributed by atoms with van der Waals surface area (Å²) in [5.41, 5.74) is 1.54. The van der Waals surface area contributed by atoms with Gasteiger partial charge in [0.1, 0.15) is 5.60 Å². The first kappa shape index (κ1) is 15.2. The summed E-state index contributed by atoms with van der Waals surface area (Å²) >= 11 is 0. The minimum absolute atomic E-state index is 0.332. The van der Waals surface area contributed by atoms with E-state index in [9.17, 15) is 4.79 Å². The van der Waals surface area contributed by atoms with E-state index in [4.69, 9.17) is 4.74 Å². The fraction of sp³-hybridized carbons (Fsp3) is 0.353. The molecule has 1 aromatic carbocycles. The lowest BCUT2D eigenvalue weighted by molar-refractivity contribution is 0.0255. The minimum Gasteiger partial charge on any atom is -0.444 e. The third-order valence-corrected chi connectivity index (χ3v) is 2.95. The topological polar surface area (TPSA) is 45.3 Å². The summed E-state index contributed by atoms with van der Waals surface area (Å²) in [5, 5.41) is 1.13. The van der Waals surface area contributed by atoms with Gasteiger partial charge in [0.05, 0.1) is 6.54 Å². The van der Waals surface area contributed by atoms with Gasteiger partial charge < -0.3 is 9.72 Å². The number of para-hydroxylation sites is 1. The number of H-pyrrole nitrogens is 1. The van der Waals surface area contributed by atoms with Crippen LogP contribution in [-0.4, -0.2) is 28.1 Å². The van der Waals surface area contributed by atoms with E-state index in [1.807, 2.05) is 45.0 Å². The van der Waals surface area contributed by atoms with Crippen LogP contribution in [0.25, 0.3) is 10.9 Å². The zero-order valence-electron chi connectivity index (χ0n) is 12.8. The molecule has 0 spiro atoms. The number of nitrogens with one attached hydrogen (secondary N) is 1. The van der Waals surface area contributed by atoms with Crippen molar-refractivity contribution in [3.8, 4) is 0 Å². The summed E-state index contributed by atoms with van der Waals surface area (Å²) in [7, 11) is 0. The molecule has 1 amide bonds. The first-order valence-electron chi connectivity index (χ1n) is 7.04. The van der Waals surface area contributed by atoms with Crippen LogP contribution < -0.4 is 0 Å². The number of carbonyl (C=O) groups excluding carboxylic acids is 1. The first-order chi connectivity index (χ1) is 9.89. The molecule has 0 aliphatic carbocycles. The largest absolute Gasteiger partial charge is 0.444 e. The van der Waals surface area contributed by atoms with Gasteiger partial charge in [-0.1, -0.05) is 24.3 Å². The quantitative estimate of drug-likeness (QED) is 0.860. The monoisotopic (exact) mass is 286 g/mol. The SMILES string of the molecule is C=CCN(Cc1cc2ccccc2[nH]1)C(=O)OC(C)(C)C. The molecule has 1 heterocycles. The van der Waals surface area contributed by atoms with Gasteiger partial charge in [0.2, 0.25) is 0 Å². The lowest BCUT2D eigenvalue weighted by atomic mass is 10.2. The van der Waals surface area contributed by atoms with Crippen LogP contribution in [0.2, 0.25) is 0 Å². The minimum atomic E-state index is -0.503. The van der Waals surface area contributed by atoms with Crippen LogP contribution in [0.15, 0.2) is 43.0 Å². The van der Waals surface area contributed by atoms with E-state index in [0.717, 1.165) is 16.6 Å². The third-order valence-electron chi connectivity index (χ3n) is 2.95. The summed E-state index contributed by atoms with van der Waals surface area (Å²) in [5.74, 6) is 0. The maximum Gasteiger partial charge on any atom is 0.410 e. The lowest BCUT2D eigenvalue weighted by Crippen LogP contribution is -2.36. The number of ether oxygens (including phenoxy) is 1. The van der Waals surface area contributed by atoms with E-state index in [1.54, 1.807) is 11.0 Å². The summed E-state index contributed by atoms with van der Waals surface area (Å²) in [6, 6.07) is 10.1. The molecule has 0 fully saturated rings. The van der Waals surface area contributed by atoms with E-state index in [-0.39, 0.29) is 6.09 Å². The van der Waals surface area contributed by atoms with E-state index in [1.165, 1.54) is 0 Å². The van der Waals surface area contributed by atoms with Crippen molar-refractivity contribution < 1.29 is 9.53 Å². The fourth-order valence-electron chi connectivity index (χ4n) is 2.11. The molecule has 0 aliphatic heterocycles. The smallest absolute Gasteiger partial charge is 0.410 e. The van der Waals surface area contributed by atoms with Gasteiger partial charge in [-0.25, -0.2) is 4.79 Å². The van der Waals surface area contributed by atoms with Crippen molar-refractivity contribution in [1.82, 2.24) is 9.88 Å². The highest BCUT2D eigenvalue weighted by atomic mass is 16.6. The number of benzene rings is 1. The zero-order chi connectivity index (χ0) is 15.5. The Kier molecular flexibility index (Phi) is 4.36. The number of fused-ring (bicyclic) bond motifs is 1. The number of aromatic amines is 1. The van der Waals surface area contributed by atoms with Crippen molar-refractivity contribution in [3.63, 3.8) is 0 Å². The standard InChI is InChI=1S/C17H22N2O2/c1-5-10-19(16(20)21-17(2,3)4)12-14-11-13-8-6-7-9-15(13)18-14/h5-9,11,18H,1,10,12H2,2-4H3. The number of amides is 1. The van der Waals surface area contributed by atoms with Crippen LogP contribution in [0.4, 0.5) is 4.79 Å². The Morgan fingerprint density at radius 1 is 1.38 bits per heavy atom. The molecule has 112 valence electrons. The molecule has 0 saturated carbocycles. The van der Waals surface area contributed by atoms with Gasteiger partial charge in [0, 0.05) is 17.8 Å². The van der Waals surface area contributed by atoms with Crippen LogP contribution in [0, 0.1) is 0 Å². The second kappa shape index (κ2) is 6.04. The van der Waals surface area contributed by atoms with Crippen LogP contribution in [0.1, 0.15) is 26.5 Å². The number of aromatic nitrogens is 1. The molecule has 0 radical (unpaired) electrons. The van der Waals surface area contributed by atoms with Crippen LogP contribution >= 0.6 is 0 Å². The van der Waals surface area contributed by atoms with Gasteiger partial charge in [0.25, 0.3) is 0 Å². The maximum absolute atomic E-state index is 12.2. The number of nitrogens with zero attached hydrogens (tertiary/aromatic N) is 1. The van der Waals surface area contributed by atoms with Gasteiger partial charge in [-0.3, -0.25) is 4.90 Å². The predicted octanol–water partition coefficient (Wildman–Crippen LogP) is 4.09. The van der Waals surface area contributed by atoms with Crippen LogP contribution in [-0.2, 0) is 11.3 Å². The van der Waals surface area contributed by atoms with Crippen molar-refractivity contribution in [2.24, 2.45) is 0 Å². The van der Waals surface area contributed by atoms with Gasteiger partial charge in [-0.05, 0) is 38.3 Å². The van der Waals surface area contributed by atoms with Gasteiger partial charge in [0.15, 0.2) is 0 Å². The molecule has 21 heavy (non-hydrogen) atoms. The van der Waals surface area contributed by atoms with Crippen molar-refractivity contribution >= 4 is 17.0 Å². The lowest BCUT2D eigenvalue weighted by Gasteiger charge is -2.26. The average Bonchev–Trinajstić information content (AvgIpc) is 2.78. The highest BCUT2D eigenvalue weighted by Gasteiger charge is 2.21. The number of carbonyl (C=O) groups is 1. The fourth-order valence-corrected chi connectivity index (χ4v) is 2.11. The van der Waals surface area contributed by atoms with Gasteiger partial charge >= 0.3 is 6.09 Å². The number of hydrogen-bond donors (Lipinski definition) is 1. The highest BCUT2D eigenvalue weighted by Crippen LogP contribution is 2.17. The molecule has 0 bridgehead atoms. The number of hydrogen-bond acceptors (Lipinski definition) is 2. The first-order valence-corrected chi connectivity index (χ1v) is 7.04. The van der Waals surface area contributed by atoms with E-state index in [2.05, 4.69) is 17.6 Å². The van der Waals surface area contributed by atoms with E-state index >= 15 is 0 Å². The van der Waals surface area contributed by atoms with Gasteiger partial charge in [-0.15, -0.1) is 6.58 Å². The molecule has 0 aliphatic rings. The average molecular weight is 286 g/mol. The molecule has 2 aromatic rings. The molecule has 0 atom stereocenters. The Balaban J connectivity index is 2.15. The number of rotatable bonds is 4. The molecular formula is C17H22N2O2. The van der Waals surface area contributed by atoms with Crippen LogP contribution in [0.5, 0.6) is 0 Å². The summed E-state index contributed by atoms with van der Waals surface area (Å²) < 4.78 is 5.42. The van der Waals surface area contributed by atoms with Gasteiger partial charge in [-0.2, -0.15) is 0 Å². The van der Waals surface area contributed by atoms with Crippen LogP contribution in [0.3, 0.4) is 0 Å². The second-order valence-corrected chi connectivity index (χ2v) is 6.03. The molecule has 0 saturated heterocycles. The molecule has 4 heteroatoms. The van der Waals surface area contributed by atoms with E-state index in [0.29, 0.717) is 13.1 Å². The molecule has 1 N–H and O–H groups in total. The molecule has 4 nitrogen and oxygen atoms in total. The molecule has 1 aromatic heterocycles. The normalized spacial score (nSPS) is 11.4. The molecule has 2 rings (SSSR count). The Morgan fingerprint density at radius 3 is 2.71 bits per heavy atom. The molecular weight excluding hydrogens is 264 g/mol. The summed E-state index contributed by atoms with van der Waals surface area (Å²) in [6.07, 6.45) is 1.37. The van der Waals surface area contributed by atoms with E-state index < -0.39 is 5.60 Å². The Morgan fingerprint density at radius 2 is 2.10 bits per heavy atom. The maximum atomic E-state index is 12.2. The molecule has 0 unspecified atom stereocenters. The van der Waals surface area contributed by atoms with Crippen molar-refractivity contribution in [3.05, 3.63) is 48.7 Å². The van der Waals surface area contributed by atoms with Crippen molar-refractivity contribution in [1.29, 1.82) is 0 Å². The summed E-state index contributed by atoms with van der Waals surface area (Å²) in [6.45, 7) is 10.2. The Bertz CT molecular complexity index is 605. The predicted molar refractivity (Wildman–Crippen MR) is 85.1 cm³/mol.